The Morgan fingerprint density at radius 2 is 2.32 bits per heavy atom. The van der Waals surface area contributed by atoms with E-state index >= 15 is 0 Å². The first-order valence-electron chi connectivity index (χ1n) is 6.54. The van der Waals surface area contributed by atoms with Crippen molar-refractivity contribution in [3.8, 4) is 0 Å². The number of nitrogens with zero attached hydrogens (tertiary/aromatic N) is 3. The highest BCUT2D eigenvalue weighted by Crippen LogP contribution is 2.28. The summed E-state index contributed by atoms with van der Waals surface area (Å²) in [6.45, 7) is 2.18. The van der Waals surface area contributed by atoms with E-state index in [2.05, 4.69) is 30.8 Å². The lowest BCUT2D eigenvalue weighted by Crippen LogP contribution is -2.37. The molecule has 2 aromatic rings. The fourth-order valence-electron chi connectivity index (χ4n) is 2.68. The average Bonchev–Trinajstić information content (AvgIpc) is 2.46. The van der Waals surface area contributed by atoms with Crippen molar-refractivity contribution >= 4 is 32.7 Å². The number of pyridine rings is 2. The summed E-state index contributed by atoms with van der Waals surface area (Å²) in [5, 5.41) is 9.34. The summed E-state index contributed by atoms with van der Waals surface area (Å²) in [4.78, 5) is 11.2. The summed E-state index contributed by atoms with van der Waals surface area (Å²) in [7, 11) is 0. The highest BCUT2D eigenvalue weighted by atomic mass is 79.9. The van der Waals surface area contributed by atoms with Gasteiger partial charge in [-0.15, -0.1) is 0 Å². The van der Waals surface area contributed by atoms with Crippen LogP contribution in [0.5, 0.6) is 0 Å². The van der Waals surface area contributed by atoms with Crippen LogP contribution in [0, 0.1) is 5.92 Å². The maximum Gasteiger partial charge on any atom is 0.112 e. The molecule has 0 radical (unpaired) electrons. The van der Waals surface area contributed by atoms with Crippen LogP contribution in [-0.4, -0.2) is 34.8 Å². The zero-order valence-electron chi connectivity index (χ0n) is 10.6. The van der Waals surface area contributed by atoms with Gasteiger partial charge < -0.3 is 10.0 Å². The average molecular weight is 322 g/mol. The molecule has 0 amide bonds. The van der Waals surface area contributed by atoms with Gasteiger partial charge in [-0.3, -0.25) is 9.97 Å². The van der Waals surface area contributed by atoms with E-state index in [0.29, 0.717) is 5.92 Å². The molecule has 1 aliphatic heterocycles. The summed E-state index contributed by atoms with van der Waals surface area (Å²) < 4.78 is 0.941. The summed E-state index contributed by atoms with van der Waals surface area (Å²) in [5.74, 6) is 0.368. The number of fused-ring (bicyclic) bond motifs is 1. The molecule has 1 N–H and O–H groups in total. The number of aliphatic hydroxyl groups is 1. The molecule has 1 fully saturated rings. The van der Waals surface area contributed by atoms with E-state index in [-0.39, 0.29) is 6.61 Å². The van der Waals surface area contributed by atoms with Crippen LogP contribution in [0.2, 0.25) is 0 Å². The molecular weight excluding hydrogens is 306 g/mol. The van der Waals surface area contributed by atoms with Gasteiger partial charge in [0.15, 0.2) is 0 Å². The van der Waals surface area contributed by atoms with Gasteiger partial charge >= 0.3 is 0 Å². The van der Waals surface area contributed by atoms with Gasteiger partial charge in [-0.1, -0.05) is 0 Å². The Morgan fingerprint density at radius 3 is 3.16 bits per heavy atom. The number of aromatic nitrogens is 2. The number of rotatable bonds is 2. The van der Waals surface area contributed by atoms with Crippen LogP contribution >= 0.6 is 15.9 Å². The molecule has 100 valence electrons. The lowest BCUT2D eigenvalue weighted by atomic mass is 9.98. The fraction of sp³-hybridized carbons (Fsp3) is 0.429. The largest absolute Gasteiger partial charge is 0.396 e. The molecule has 2 aromatic heterocycles. The maximum absolute atomic E-state index is 9.34. The molecule has 3 rings (SSSR count). The normalized spacial score (nSPS) is 19.9. The SMILES string of the molecule is OCC1CCCN(c2ccnc3cc(Br)cnc23)C1. The van der Waals surface area contributed by atoms with Crippen molar-refractivity contribution in [2.24, 2.45) is 5.92 Å². The number of aliphatic hydroxyl groups excluding tert-OH is 1. The lowest BCUT2D eigenvalue weighted by Gasteiger charge is -2.33. The van der Waals surface area contributed by atoms with E-state index in [1.54, 1.807) is 6.20 Å². The van der Waals surface area contributed by atoms with Crippen molar-refractivity contribution in [2.45, 2.75) is 12.8 Å². The van der Waals surface area contributed by atoms with Gasteiger partial charge in [-0.05, 0) is 46.8 Å². The molecule has 1 saturated heterocycles. The molecule has 1 aliphatic rings. The summed E-state index contributed by atoms with van der Waals surface area (Å²) in [5.41, 5.74) is 2.96. The number of hydrogen-bond acceptors (Lipinski definition) is 4. The second-order valence-corrected chi connectivity index (χ2v) is 5.90. The molecule has 0 aliphatic carbocycles. The fourth-order valence-corrected chi connectivity index (χ4v) is 3.00. The summed E-state index contributed by atoms with van der Waals surface area (Å²) in [6.07, 6.45) is 5.86. The molecule has 5 heteroatoms. The van der Waals surface area contributed by atoms with Crippen molar-refractivity contribution in [3.63, 3.8) is 0 Å². The van der Waals surface area contributed by atoms with Gasteiger partial charge in [0.25, 0.3) is 0 Å². The molecule has 0 saturated carbocycles. The zero-order chi connectivity index (χ0) is 13.2. The number of piperidine rings is 1. The predicted molar refractivity (Wildman–Crippen MR) is 79.3 cm³/mol. The van der Waals surface area contributed by atoms with Crippen LogP contribution in [0.3, 0.4) is 0 Å². The van der Waals surface area contributed by atoms with E-state index in [1.165, 1.54) is 0 Å². The molecule has 3 heterocycles. The number of anilines is 1. The van der Waals surface area contributed by atoms with Crippen LogP contribution in [0.4, 0.5) is 5.69 Å². The Bertz CT molecular complexity index is 590. The molecule has 19 heavy (non-hydrogen) atoms. The van der Waals surface area contributed by atoms with Gasteiger partial charge in [0, 0.05) is 36.6 Å². The van der Waals surface area contributed by atoms with Crippen LogP contribution in [-0.2, 0) is 0 Å². The van der Waals surface area contributed by atoms with E-state index in [0.717, 1.165) is 47.1 Å². The first-order chi connectivity index (χ1) is 9.28. The Balaban J connectivity index is 2.00. The quantitative estimate of drug-likeness (QED) is 0.923. The molecule has 0 aromatic carbocycles. The standard InChI is InChI=1S/C14H16BrN3O/c15-11-6-12-14(17-7-11)13(3-4-16-12)18-5-1-2-10(8-18)9-19/h3-4,6-7,10,19H,1-2,5,8-9H2. The van der Waals surface area contributed by atoms with Crippen molar-refractivity contribution in [3.05, 3.63) is 29.0 Å². The molecule has 0 spiro atoms. The second-order valence-electron chi connectivity index (χ2n) is 4.99. The highest BCUT2D eigenvalue weighted by Gasteiger charge is 2.21. The smallest absolute Gasteiger partial charge is 0.112 e. The molecule has 4 nitrogen and oxygen atoms in total. The van der Waals surface area contributed by atoms with Gasteiger partial charge in [0.2, 0.25) is 0 Å². The van der Waals surface area contributed by atoms with Crippen molar-refractivity contribution in [2.75, 3.05) is 24.6 Å². The molecule has 1 atom stereocenters. The lowest BCUT2D eigenvalue weighted by molar-refractivity contribution is 0.209. The van der Waals surface area contributed by atoms with Crippen LogP contribution in [0.1, 0.15) is 12.8 Å². The third-order valence-corrected chi connectivity index (χ3v) is 4.07. The number of hydrogen-bond donors (Lipinski definition) is 1. The Labute approximate surface area is 120 Å². The third-order valence-electron chi connectivity index (χ3n) is 3.64. The van der Waals surface area contributed by atoms with Gasteiger partial charge in [-0.2, -0.15) is 0 Å². The zero-order valence-corrected chi connectivity index (χ0v) is 12.2. The van der Waals surface area contributed by atoms with Crippen LogP contribution < -0.4 is 4.90 Å². The van der Waals surface area contributed by atoms with Gasteiger partial charge in [-0.25, -0.2) is 0 Å². The first kappa shape index (κ1) is 12.8. The monoisotopic (exact) mass is 321 g/mol. The predicted octanol–water partition coefficient (Wildman–Crippen LogP) is 2.60. The minimum absolute atomic E-state index is 0.262. The van der Waals surface area contributed by atoms with E-state index in [9.17, 15) is 5.11 Å². The topological polar surface area (TPSA) is 49.2 Å². The van der Waals surface area contributed by atoms with Gasteiger partial charge in [0.05, 0.1) is 11.2 Å². The first-order valence-corrected chi connectivity index (χ1v) is 7.33. The van der Waals surface area contributed by atoms with Crippen molar-refractivity contribution < 1.29 is 5.11 Å². The molecule has 1 unspecified atom stereocenters. The van der Waals surface area contributed by atoms with Crippen molar-refractivity contribution in [1.82, 2.24) is 9.97 Å². The third kappa shape index (κ3) is 2.58. The summed E-state index contributed by atoms with van der Waals surface area (Å²) in [6, 6.07) is 4.00. The second kappa shape index (κ2) is 5.43. The van der Waals surface area contributed by atoms with Gasteiger partial charge in [0.1, 0.15) is 5.52 Å². The Hall–Kier alpha value is -1.20. The van der Waals surface area contributed by atoms with Crippen LogP contribution in [0.25, 0.3) is 11.0 Å². The molecular formula is C14H16BrN3O. The van der Waals surface area contributed by atoms with Crippen LogP contribution in [0.15, 0.2) is 29.0 Å². The van der Waals surface area contributed by atoms with E-state index in [1.807, 2.05) is 18.3 Å². The summed E-state index contributed by atoms with van der Waals surface area (Å²) >= 11 is 3.42. The Morgan fingerprint density at radius 1 is 1.42 bits per heavy atom. The number of halogens is 1. The van der Waals surface area contributed by atoms with E-state index in [4.69, 9.17) is 0 Å². The van der Waals surface area contributed by atoms with Crippen molar-refractivity contribution in [1.29, 1.82) is 0 Å². The molecule has 0 bridgehead atoms. The highest BCUT2D eigenvalue weighted by molar-refractivity contribution is 9.10. The minimum Gasteiger partial charge on any atom is -0.396 e. The Kier molecular flexibility index (Phi) is 3.66. The minimum atomic E-state index is 0.262. The van der Waals surface area contributed by atoms with E-state index < -0.39 is 0 Å². The maximum atomic E-state index is 9.34.